The van der Waals surface area contributed by atoms with Gasteiger partial charge in [0, 0.05) is 13.6 Å². The summed E-state index contributed by atoms with van der Waals surface area (Å²) in [6.45, 7) is 1.58. The van der Waals surface area contributed by atoms with E-state index in [1.54, 1.807) is 19.0 Å². The molecule has 0 aliphatic rings. The molecule has 0 aliphatic heterocycles. The highest BCUT2D eigenvalue weighted by Gasteiger charge is 1.80. The van der Waals surface area contributed by atoms with E-state index in [-0.39, 0.29) is 0 Å². The summed E-state index contributed by atoms with van der Waals surface area (Å²) in [5.41, 5.74) is 2.58. The number of hydrogen-bond acceptors (Lipinski definition) is 4. The minimum absolute atomic E-state index is 0.706. The Balaban J connectivity index is 2.53. The Bertz CT molecular complexity index is 39.0. The lowest BCUT2D eigenvalue weighted by Crippen LogP contribution is -2.17. The fourth-order valence-electron chi connectivity index (χ4n) is 0.297. The third-order valence-electron chi connectivity index (χ3n) is 0.595. The molecule has 50 valence electrons. The van der Waals surface area contributed by atoms with Crippen LogP contribution < -0.4 is 10.2 Å². The molecule has 0 fully saturated rings. The van der Waals surface area contributed by atoms with E-state index in [1.165, 1.54) is 0 Å². The molecule has 0 aromatic rings. The number of hydrogen-bond donors (Lipinski definition) is 2. The van der Waals surface area contributed by atoms with E-state index in [9.17, 15) is 0 Å². The molecule has 0 atom stereocenters. The van der Waals surface area contributed by atoms with Gasteiger partial charge in [-0.15, -0.1) is 0 Å². The zero-order chi connectivity index (χ0) is 6.24. The second kappa shape index (κ2) is 7.23. The molecule has 0 amide bonds. The Labute approximate surface area is 54.3 Å². The molecule has 0 aliphatic carbocycles. The van der Waals surface area contributed by atoms with Crippen molar-refractivity contribution in [3.63, 3.8) is 0 Å². The van der Waals surface area contributed by atoms with Crippen molar-refractivity contribution >= 4 is 11.9 Å². The zero-order valence-electron chi connectivity index (χ0n) is 5.23. The van der Waals surface area contributed by atoms with Gasteiger partial charge in [0.2, 0.25) is 0 Å². The van der Waals surface area contributed by atoms with Crippen LogP contribution in [0.4, 0.5) is 0 Å². The Morgan fingerprint density at radius 1 is 1.62 bits per heavy atom. The summed E-state index contributed by atoms with van der Waals surface area (Å²) in [6, 6.07) is 0. The molecule has 3 nitrogen and oxygen atoms in total. The van der Waals surface area contributed by atoms with E-state index in [1.807, 2.05) is 6.26 Å². The topological polar surface area (TPSA) is 33.3 Å². The summed E-state index contributed by atoms with van der Waals surface area (Å²) < 4.78 is 3.03. The maximum absolute atomic E-state index is 4.81. The second-order valence-electron chi connectivity index (χ2n) is 1.15. The van der Waals surface area contributed by atoms with Crippen LogP contribution in [-0.4, -0.2) is 26.5 Å². The van der Waals surface area contributed by atoms with Gasteiger partial charge in [-0.3, -0.25) is 4.72 Å². The molecule has 0 saturated heterocycles. The van der Waals surface area contributed by atoms with Gasteiger partial charge in [-0.2, -0.15) is 0 Å². The van der Waals surface area contributed by atoms with Gasteiger partial charge in [-0.25, -0.2) is 5.48 Å². The van der Waals surface area contributed by atoms with Crippen molar-refractivity contribution < 1.29 is 4.84 Å². The monoisotopic (exact) mass is 136 g/mol. The van der Waals surface area contributed by atoms with Crippen LogP contribution in [0, 0.1) is 0 Å². The highest BCUT2D eigenvalue weighted by Crippen LogP contribution is 1.78. The van der Waals surface area contributed by atoms with E-state index in [4.69, 9.17) is 4.84 Å². The smallest absolute Gasteiger partial charge is 0.0815 e. The van der Waals surface area contributed by atoms with Crippen LogP contribution in [-0.2, 0) is 4.84 Å². The van der Waals surface area contributed by atoms with Crippen molar-refractivity contribution in [2.24, 2.45) is 0 Å². The summed E-state index contributed by atoms with van der Waals surface area (Å²) in [5, 5.41) is 0. The maximum Gasteiger partial charge on any atom is 0.0815 e. The summed E-state index contributed by atoms with van der Waals surface area (Å²) in [5.74, 6) is 0. The first-order valence-corrected chi connectivity index (χ1v) is 3.68. The average Bonchev–Trinajstić information content (AvgIpc) is 1.81. The van der Waals surface area contributed by atoms with Gasteiger partial charge in [0.15, 0.2) is 0 Å². The van der Waals surface area contributed by atoms with E-state index < -0.39 is 0 Å². The molecule has 8 heavy (non-hydrogen) atoms. The number of rotatable bonds is 5. The molecule has 0 heterocycles. The minimum atomic E-state index is 0.706. The van der Waals surface area contributed by atoms with Gasteiger partial charge in [0.05, 0.1) is 6.61 Å². The molecule has 0 saturated carbocycles. The first kappa shape index (κ1) is 8.23. The van der Waals surface area contributed by atoms with Crippen LogP contribution in [0.25, 0.3) is 0 Å². The van der Waals surface area contributed by atoms with Crippen molar-refractivity contribution in [1.29, 1.82) is 0 Å². The van der Waals surface area contributed by atoms with Crippen molar-refractivity contribution in [1.82, 2.24) is 10.2 Å². The second-order valence-corrected chi connectivity index (χ2v) is 1.85. The predicted molar refractivity (Wildman–Crippen MR) is 36.5 cm³/mol. The molecule has 4 heteroatoms. The van der Waals surface area contributed by atoms with Crippen LogP contribution in [0.3, 0.4) is 0 Å². The summed E-state index contributed by atoms with van der Waals surface area (Å²) in [6.07, 6.45) is 1.99. The minimum Gasteiger partial charge on any atom is -0.301 e. The summed E-state index contributed by atoms with van der Waals surface area (Å²) in [4.78, 5) is 4.81. The van der Waals surface area contributed by atoms with E-state index in [0.29, 0.717) is 6.61 Å². The first-order chi connectivity index (χ1) is 3.91. The fraction of sp³-hybridized carbons (Fsp3) is 1.00. The highest BCUT2D eigenvalue weighted by molar-refractivity contribution is 7.96. The Hall–Kier alpha value is 0.230. The largest absolute Gasteiger partial charge is 0.301 e. The molecule has 0 aromatic heterocycles. The van der Waals surface area contributed by atoms with E-state index >= 15 is 0 Å². The lowest BCUT2D eigenvalue weighted by atomic mass is 10.8. The van der Waals surface area contributed by atoms with Crippen LogP contribution >= 0.6 is 11.9 Å². The van der Waals surface area contributed by atoms with Gasteiger partial charge >= 0.3 is 0 Å². The molecule has 0 spiro atoms. The summed E-state index contributed by atoms with van der Waals surface area (Å²) >= 11 is 1.59. The van der Waals surface area contributed by atoms with Crippen LogP contribution in [0.15, 0.2) is 0 Å². The molecule has 2 N–H and O–H groups in total. The van der Waals surface area contributed by atoms with Gasteiger partial charge < -0.3 is 4.84 Å². The Kier molecular flexibility index (Phi) is 7.44. The number of hydroxylamine groups is 1. The van der Waals surface area contributed by atoms with Crippen molar-refractivity contribution in [2.75, 3.05) is 26.5 Å². The summed E-state index contributed by atoms with van der Waals surface area (Å²) in [7, 11) is 1.75. The SMILES string of the molecule is CNOCCNSC. The lowest BCUT2D eigenvalue weighted by molar-refractivity contribution is 0.0628. The average molecular weight is 136 g/mol. The molecular weight excluding hydrogens is 124 g/mol. The number of nitrogens with one attached hydrogen (secondary N) is 2. The Morgan fingerprint density at radius 3 is 2.88 bits per heavy atom. The van der Waals surface area contributed by atoms with Gasteiger partial charge in [-0.1, -0.05) is 11.9 Å². The third-order valence-corrected chi connectivity index (χ3v) is 1.09. The highest BCUT2D eigenvalue weighted by atomic mass is 32.2. The zero-order valence-corrected chi connectivity index (χ0v) is 6.05. The lowest BCUT2D eigenvalue weighted by Gasteiger charge is -1.99. The predicted octanol–water partition coefficient (Wildman–Crippen LogP) is 0.00500. The van der Waals surface area contributed by atoms with Gasteiger partial charge in [0.1, 0.15) is 0 Å². The van der Waals surface area contributed by atoms with Crippen LogP contribution in [0.5, 0.6) is 0 Å². The van der Waals surface area contributed by atoms with E-state index in [2.05, 4.69) is 10.2 Å². The fourth-order valence-corrected chi connectivity index (χ4v) is 0.584. The van der Waals surface area contributed by atoms with Gasteiger partial charge in [0.25, 0.3) is 0 Å². The molecule has 0 bridgehead atoms. The van der Waals surface area contributed by atoms with Crippen molar-refractivity contribution in [3.05, 3.63) is 0 Å². The van der Waals surface area contributed by atoms with Crippen LogP contribution in [0.2, 0.25) is 0 Å². The molecule has 0 unspecified atom stereocenters. The van der Waals surface area contributed by atoms with E-state index in [0.717, 1.165) is 6.54 Å². The third kappa shape index (κ3) is 6.23. The standard InChI is InChI=1S/C4H12N2OS/c1-5-7-4-3-6-8-2/h5-6H,3-4H2,1-2H3. The Morgan fingerprint density at radius 2 is 2.38 bits per heavy atom. The molecule has 0 aromatic carbocycles. The maximum atomic E-state index is 4.81. The normalized spacial score (nSPS) is 9.75. The molecule has 0 rings (SSSR count). The van der Waals surface area contributed by atoms with Crippen molar-refractivity contribution in [3.8, 4) is 0 Å². The molecule has 0 radical (unpaired) electrons. The van der Waals surface area contributed by atoms with Crippen LogP contribution in [0.1, 0.15) is 0 Å². The first-order valence-electron chi connectivity index (χ1n) is 2.46. The quantitative estimate of drug-likeness (QED) is 0.317. The molecular formula is C4H12N2OS. The van der Waals surface area contributed by atoms with Crippen molar-refractivity contribution in [2.45, 2.75) is 0 Å². The van der Waals surface area contributed by atoms with Gasteiger partial charge in [-0.05, 0) is 6.26 Å².